The van der Waals surface area contributed by atoms with Crippen molar-refractivity contribution in [3.8, 4) is 17.2 Å². The molecule has 18 heavy (non-hydrogen) atoms. The van der Waals surface area contributed by atoms with Crippen LogP contribution in [-0.4, -0.2) is 0 Å². The molecule has 0 radical (unpaired) electrons. The van der Waals surface area contributed by atoms with Gasteiger partial charge < -0.3 is 0 Å². The summed E-state index contributed by atoms with van der Waals surface area (Å²) in [4.78, 5) is 0. The quantitative estimate of drug-likeness (QED) is 0.607. The molecule has 0 N–H and O–H groups in total. The minimum atomic E-state index is 0.729. The highest BCUT2D eigenvalue weighted by molar-refractivity contribution is 5.92. The monoisotopic (exact) mass is 229 g/mol. The van der Waals surface area contributed by atoms with E-state index >= 15 is 0 Å². The first-order valence-electron chi connectivity index (χ1n) is 5.87. The van der Waals surface area contributed by atoms with Gasteiger partial charge in [0.25, 0.3) is 0 Å². The topological polar surface area (TPSA) is 23.8 Å². The van der Waals surface area contributed by atoms with Gasteiger partial charge in [-0.05, 0) is 34.0 Å². The lowest BCUT2D eigenvalue weighted by atomic mass is 9.97. The highest BCUT2D eigenvalue weighted by atomic mass is 14.2. The summed E-state index contributed by atoms with van der Waals surface area (Å²) >= 11 is 0. The fraction of sp³-hybridized carbons (Fsp3) is 0. The zero-order chi connectivity index (χ0) is 12.4. The number of hydrogen-bond acceptors (Lipinski definition) is 1. The van der Waals surface area contributed by atoms with Crippen LogP contribution in [0.5, 0.6) is 0 Å². The van der Waals surface area contributed by atoms with Crippen LogP contribution in [0.2, 0.25) is 0 Å². The fourth-order valence-electron chi connectivity index (χ4n) is 2.20. The number of benzene rings is 3. The molecule has 0 saturated heterocycles. The highest BCUT2D eigenvalue weighted by Crippen LogP contribution is 2.27. The molecule has 0 aliphatic carbocycles. The molecule has 0 aliphatic heterocycles. The third-order valence-electron chi connectivity index (χ3n) is 3.09. The first-order chi connectivity index (χ1) is 8.88. The van der Waals surface area contributed by atoms with Crippen LogP contribution in [0.1, 0.15) is 5.56 Å². The molecule has 1 heteroatoms. The molecule has 3 rings (SSSR count). The Labute approximate surface area is 106 Å². The van der Waals surface area contributed by atoms with E-state index in [1.807, 2.05) is 48.5 Å². The van der Waals surface area contributed by atoms with E-state index in [1.165, 1.54) is 0 Å². The van der Waals surface area contributed by atoms with Gasteiger partial charge in [0, 0.05) is 0 Å². The number of hydrogen-bond donors (Lipinski definition) is 0. The summed E-state index contributed by atoms with van der Waals surface area (Å²) in [5.74, 6) is 0. The molecule has 0 aliphatic rings. The van der Waals surface area contributed by atoms with Gasteiger partial charge in [-0.2, -0.15) is 5.26 Å². The first-order valence-corrected chi connectivity index (χ1v) is 5.87. The van der Waals surface area contributed by atoms with Crippen LogP contribution in [0.3, 0.4) is 0 Å². The SMILES string of the molecule is N#Cc1cc(-c2ccccc2)cc2ccccc12. The lowest BCUT2D eigenvalue weighted by Crippen LogP contribution is -1.83. The van der Waals surface area contributed by atoms with E-state index in [2.05, 4.69) is 24.3 Å². The minimum Gasteiger partial charge on any atom is -0.192 e. The lowest BCUT2D eigenvalue weighted by Gasteiger charge is -2.06. The van der Waals surface area contributed by atoms with Crippen LogP contribution in [0.15, 0.2) is 66.7 Å². The maximum atomic E-state index is 9.26. The van der Waals surface area contributed by atoms with Gasteiger partial charge in [-0.3, -0.25) is 0 Å². The Bertz CT molecular complexity index is 736. The molecule has 0 fully saturated rings. The minimum absolute atomic E-state index is 0.729. The summed E-state index contributed by atoms with van der Waals surface area (Å²) in [6.07, 6.45) is 0. The fourth-order valence-corrected chi connectivity index (χ4v) is 2.20. The standard InChI is InChI=1S/C17H11N/c18-12-16-11-15(13-6-2-1-3-7-13)10-14-8-4-5-9-17(14)16/h1-11H. The number of rotatable bonds is 1. The molecule has 3 aromatic rings. The predicted molar refractivity (Wildman–Crippen MR) is 74.1 cm³/mol. The van der Waals surface area contributed by atoms with Crippen LogP contribution in [0, 0.1) is 11.3 Å². The molecule has 0 amide bonds. The van der Waals surface area contributed by atoms with E-state index < -0.39 is 0 Å². The van der Waals surface area contributed by atoms with Crippen molar-refractivity contribution in [3.05, 3.63) is 72.3 Å². The van der Waals surface area contributed by atoms with Crippen molar-refractivity contribution in [2.75, 3.05) is 0 Å². The van der Waals surface area contributed by atoms with E-state index in [-0.39, 0.29) is 0 Å². The zero-order valence-corrected chi connectivity index (χ0v) is 9.80. The van der Waals surface area contributed by atoms with Gasteiger partial charge in [-0.25, -0.2) is 0 Å². The van der Waals surface area contributed by atoms with Crippen molar-refractivity contribution in [1.82, 2.24) is 0 Å². The van der Waals surface area contributed by atoms with Gasteiger partial charge in [0.15, 0.2) is 0 Å². The van der Waals surface area contributed by atoms with Gasteiger partial charge in [0.1, 0.15) is 0 Å². The molecular weight excluding hydrogens is 218 g/mol. The van der Waals surface area contributed by atoms with Crippen LogP contribution >= 0.6 is 0 Å². The maximum Gasteiger partial charge on any atom is 0.0998 e. The predicted octanol–water partition coefficient (Wildman–Crippen LogP) is 4.38. The zero-order valence-electron chi connectivity index (χ0n) is 9.80. The number of fused-ring (bicyclic) bond motifs is 1. The van der Waals surface area contributed by atoms with Crippen molar-refractivity contribution in [3.63, 3.8) is 0 Å². The Balaban J connectivity index is 2.30. The van der Waals surface area contributed by atoms with E-state index in [9.17, 15) is 5.26 Å². The summed E-state index contributed by atoms with van der Waals surface area (Å²) in [6, 6.07) is 24.5. The van der Waals surface area contributed by atoms with Gasteiger partial charge in [-0.15, -0.1) is 0 Å². The molecule has 0 aromatic heterocycles. The smallest absolute Gasteiger partial charge is 0.0998 e. The third-order valence-corrected chi connectivity index (χ3v) is 3.09. The first kappa shape index (κ1) is 10.6. The Morgan fingerprint density at radius 2 is 1.44 bits per heavy atom. The number of nitriles is 1. The van der Waals surface area contributed by atoms with Crippen LogP contribution in [0.25, 0.3) is 21.9 Å². The Morgan fingerprint density at radius 1 is 0.722 bits per heavy atom. The van der Waals surface area contributed by atoms with Crippen LogP contribution in [0.4, 0.5) is 0 Å². The molecule has 0 saturated carbocycles. The maximum absolute atomic E-state index is 9.26. The molecule has 0 spiro atoms. The van der Waals surface area contributed by atoms with Gasteiger partial charge in [0.2, 0.25) is 0 Å². The molecule has 0 atom stereocenters. The van der Waals surface area contributed by atoms with Crippen LogP contribution in [-0.2, 0) is 0 Å². The van der Waals surface area contributed by atoms with Crippen molar-refractivity contribution in [1.29, 1.82) is 5.26 Å². The summed E-state index contributed by atoms with van der Waals surface area (Å²) < 4.78 is 0. The van der Waals surface area contributed by atoms with E-state index in [0.717, 1.165) is 27.5 Å². The summed E-state index contributed by atoms with van der Waals surface area (Å²) in [6.45, 7) is 0. The Morgan fingerprint density at radius 3 is 2.22 bits per heavy atom. The van der Waals surface area contributed by atoms with Gasteiger partial charge >= 0.3 is 0 Å². The molecule has 0 bridgehead atoms. The molecule has 84 valence electrons. The van der Waals surface area contributed by atoms with E-state index in [4.69, 9.17) is 0 Å². The molecule has 3 aromatic carbocycles. The van der Waals surface area contributed by atoms with E-state index in [1.54, 1.807) is 0 Å². The Kier molecular flexibility index (Phi) is 2.55. The summed E-state index contributed by atoms with van der Waals surface area (Å²) in [5.41, 5.74) is 2.96. The van der Waals surface area contributed by atoms with Crippen molar-refractivity contribution < 1.29 is 0 Å². The molecule has 1 nitrogen and oxygen atoms in total. The summed E-state index contributed by atoms with van der Waals surface area (Å²) in [7, 11) is 0. The number of nitrogens with zero attached hydrogens (tertiary/aromatic N) is 1. The summed E-state index contributed by atoms with van der Waals surface area (Å²) in [5, 5.41) is 11.4. The van der Waals surface area contributed by atoms with Crippen molar-refractivity contribution >= 4 is 10.8 Å². The average Bonchev–Trinajstić information content (AvgIpc) is 2.47. The highest BCUT2D eigenvalue weighted by Gasteiger charge is 2.04. The molecule has 0 unspecified atom stereocenters. The largest absolute Gasteiger partial charge is 0.192 e. The lowest BCUT2D eigenvalue weighted by molar-refractivity contribution is 1.50. The van der Waals surface area contributed by atoms with E-state index in [0.29, 0.717) is 0 Å². The van der Waals surface area contributed by atoms with Crippen LogP contribution < -0.4 is 0 Å². The Hall–Kier alpha value is -2.59. The van der Waals surface area contributed by atoms with Gasteiger partial charge in [-0.1, -0.05) is 54.6 Å². The third kappa shape index (κ3) is 1.74. The molecular formula is C17H11N. The van der Waals surface area contributed by atoms with Gasteiger partial charge in [0.05, 0.1) is 11.6 Å². The van der Waals surface area contributed by atoms with Crippen molar-refractivity contribution in [2.24, 2.45) is 0 Å². The second-order valence-electron chi connectivity index (χ2n) is 4.22. The van der Waals surface area contributed by atoms with Crippen molar-refractivity contribution in [2.45, 2.75) is 0 Å². The molecule has 0 heterocycles. The second-order valence-corrected chi connectivity index (χ2v) is 4.22. The normalized spacial score (nSPS) is 10.2. The average molecular weight is 229 g/mol. The second kappa shape index (κ2) is 4.35.